The predicted molar refractivity (Wildman–Crippen MR) is 137 cm³/mol. The van der Waals surface area contributed by atoms with Gasteiger partial charge in [0.05, 0.1) is 10.2 Å². The number of carbonyl (C=O) groups excluding carboxylic acids is 1. The fraction of sp³-hybridized carbons (Fsp3) is 0.292. The molecule has 2 aromatic carbocycles. The fourth-order valence-corrected chi connectivity index (χ4v) is 5.54. The lowest BCUT2D eigenvalue weighted by Crippen LogP contribution is -2.60. The van der Waals surface area contributed by atoms with Crippen LogP contribution in [0.2, 0.25) is 0 Å². The van der Waals surface area contributed by atoms with E-state index in [1.807, 2.05) is 37.1 Å². The molecule has 0 aliphatic carbocycles. The molecule has 0 saturated carbocycles. The Hall–Kier alpha value is -3.19. The Balaban J connectivity index is 1.72. The molecule has 13 heteroatoms. The molecule has 3 N–H and O–H groups in total. The minimum absolute atomic E-state index is 0.131. The van der Waals surface area contributed by atoms with Gasteiger partial charge in [0.15, 0.2) is 11.4 Å². The first kappa shape index (κ1) is 26.9. The van der Waals surface area contributed by atoms with E-state index in [-0.39, 0.29) is 22.9 Å². The van der Waals surface area contributed by atoms with E-state index >= 15 is 0 Å². The number of amides is 1. The first-order valence-electron chi connectivity index (χ1n) is 11.2. The van der Waals surface area contributed by atoms with Crippen molar-refractivity contribution >= 4 is 48.5 Å². The van der Waals surface area contributed by atoms with Crippen LogP contribution in [0.15, 0.2) is 63.3 Å². The van der Waals surface area contributed by atoms with Crippen molar-refractivity contribution in [1.82, 2.24) is 15.5 Å². The Bertz CT molecular complexity index is 1500. The molecule has 1 aromatic heterocycles. The molecule has 1 unspecified atom stereocenters. The van der Waals surface area contributed by atoms with Crippen molar-refractivity contribution in [3.05, 3.63) is 64.4 Å². The second-order valence-electron chi connectivity index (χ2n) is 8.53. The SMILES string of the molecule is CCC1(C(=O)NC)NC(C)=CN1Cc1ccc2oc(-c3ccccc3NS(=O)(=O)C(F)(F)F)c(Br)c2c1. The number of nitrogens with one attached hydrogen (secondary N) is 3. The largest absolute Gasteiger partial charge is 0.516 e. The van der Waals surface area contributed by atoms with Crippen LogP contribution in [0.1, 0.15) is 25.8 Å². The summed E-state index contributed by atoms with van der Waals surface area (Å²) in [5.74, 6) is -0.00616. The van der Waals surface area contributed by atoms with E-state index in [1.54, 1.807) is 23.9 Å². The van der Waals surface area contributed by atoms with Gasteiger partial charge in [-0.3, -0.25) is 9.52 Å². The number of hydrogen-bond donors (Lipinski definition) is 3. The third-order valence-corrected chi connectivity index (χ3v) is 8.01. The number of rotatable bonds is 7. The lowest BCUT2D eigenvalue weighted by molar-refractivity contribution is -0.132. The molecule has 0 fully saturated rings. The molecule has 0 saturated heterocycles. The Morgan fingerprint density at radius 2 is 1.92 bits per heavy atom. The van der Waals surface area contributed by atoms with E-state index < -0.39 is 21.2 Å². The lowest BCUT2D eigenvalue weighted by atomic mass is 10.0. The number of hydrogen-bond acceptors (Lipinski definition) is 6. The van der Waals surface area contributed by atoms with Crippen molar-refractivity contribution in [2.24, 2.45) is 0 Å². The van der Waals surface area contributed by atoms with E-state index in [4.69, 9.17) is 4.42 Å². The van der Waals surface area contributed by atoms with Gasteiger partial charge < -0.3 is 20.0 Å². The van der Waals surface area contributed by atoms with Crippen LogP contribution < -0.4 is 15.4 Å². The Morgan fingerprint density at radius 3 is 2.57 bits per heavy atom. The number of halogens is 4. The summed E-state index contributed by atoms with van der Waals surface area (Å²) in [4.78, 5) is 14.7. The number of para-hydroxylation sites is 1. The van der Waals surface area contributed by atoms with Gasteiger partial charge in [-0.05, 0) is 59.1 Å². The summed E-state index contributed by atoms with van der Waals surface area (Å²) in [7, 11) is -4.05. The number of benzene rings is 2. The molecule has 1 aliphatic rings. The highest BCUT2D eigenvalue weighted by molar-refractivity contribution is 9.10. The van der Waals surface area contributed by atoms with Crippen LogP contribution in [0.4, 0.5) is 18.9 Å². The molecule has 37 heavy (non-hydrogen) atoms. The average Bonchev–Trinajstić information content (AvgIpc) is 3.34. The first-order chi connectivity index (χ1) is 17.3. The van der Waals surface area contributed by atoms with Crippen molar-refractivity contribution in [2.45, 2.75) is 38.0 Å². The van der Waals surface area contributed by atoms with Gasteiger partial charge in [0.1, 0.15) is 5.58 Å². The maximum absolute atomic E-state index is 13.0. The van der Waals surface area contributed by atoms with Crippen molar-refractivity contribution < 1.29 is 30.8 Å². The number of anilines is 1. The maximum Gasteiger partial charge on any atom is 0.516 e. The standard InChI is InChI=1S/C24H24BrF3N4O4S/c1-4-23(22(33)29-3)30-14(2)12-32(23)13-15-9-10-19-17(11-15)20(25)21(36-19)16-7-5-6-8-18(16)31-37(34,35)24(26,27)28/h5-12,30-31H,4,13H2,1-3H3,(H,29,33). The zero-order valence-corrected chi connectivity index (χ0v) is 22.4. The van der Waals surface area contributed by atoms with Gasteiger partial charge in [-0.2, -0.15) is 21.6 Å². The number of fused-ring (bicyclic) bond motifs is 1. The zero-order chi connectivity index (χ0) is 27.2. The molecule has 198 valence electrons. The van der Waals surface area contributed by atoms with Crippen LogP contribution >= 0.6 is 15.9 Å². The van der Waals surface area contributed by atoms with Crippen LogP contribution in [0, 0.1) is 0 Å². The smallest absolute Gasteiger partial charge is 0.455 e. The number of allylic oxidation sites excluding steroid dienone is 1. The summed E-state index contributed by atoms with van der Waals surface area (Å²) in [6.07, 6.45) is 2.38. The molecule has 8 nitrogen and oxygen atoms in total. The summed E-state index contributed by atoms with van der Waals surface area (Å²) in [5.41, 5.74) is -4.43. The van der Waals surface area contributed by atoms with E-state index in [0.717, 1.165) is 11.3 Å². The highest BCUT2D eigenvalue weighted by Crippen LogP contribution is 2.42. The molecule has 1 amide bonds. The molecular formula is C24H24BrF3N4O4S. The average molecular weight is 601 g/mol. The lowest BCUT2D eigenvalue weighted by Gasteiger charge is -2.37. The minimum atomic E-state index is -5.63. The van der Waals surface area contributed by atoms with Gasteiger partial charge in [0, 0.05) is 36.4 Å². The van der Waals surface area contributed by atoms with Gasteiger partial charge in [-0.15, -0.1) is 0 Å². The number of carbonyl (C=O) groups is 1. The Kier molecular flexibility index (Phi) is 6.97. The second-order valence-corrected chi connectivity index (χ2v) is 11.0. The van der Waals surface area contributed by atoms with E-state index in [1.165, 1.54) is 18.2 Å². The quantitative estimate of drug-likeness (QED) is 0.342. The van der Waals surface area contributed by atoms with E-state index in [2.05, 4.69) is 26.6 Å². The number of nitrogens with zero attached hydrogens (tertiary/aromatic N) is 1. The molecule has 0 bridgehead atoms. The predicted octanol–water partition coefficient (Wildman–Crippen LogP) is 5.24. The van der Waals surface area contributed by atoms with E-state index in [9.17, 15) is 26.4 Å². The molecule has 1 aliphatic heterocycles. The Labute approximate surface area is 220 Å². The molecular weight excluding hydrogens is 577 g/mol. The highest BCUT2D eigenvalue weighted by Gasteiger charge is 2.46. The molecule has 3 aromatic rings. The third kappa shape index (κ3) is 4.77. The summed E-state index contributed by atoms with van der Waals surface area (Å²) in [6, 6.07) is 11.0. The minimum Gasteiger partial charge on any atom is -0.455 e. The van der Waals surface area contributed by atoms with Crippen LogP contribution in [-0.2, 0) is 21.4 Å². The van der Waals surface area contributed by atoms with Crippen LogP contribution in [0.5, 0.6) is 0 Å². The van der Waals surface area contributed by atoms with E-state index in [0.29, 0.717) is 28.4 Å². The Morgan fingerprint density at radius 1 is 1.22 bits per heavy atom. The maximum atomic E-state index is 13.0. The zero-order valence-electron chi connectivity index (χ0n) is 20.0. The van der Waals surface area contributed by atoms with Gasteiger partial charge >= 0.3 is 15.5 Å². The van der Waals surface area contributed by atoms with Crippen molar-refractivity contribution in [2.75, 3.05) is 11.8 Å². The molecule has 2 heterocycles. The van der Waals surface area contributed by atoms with Gasteiger partial charge in [-0.25, -0.2) is 0 Å². The number of sulfonamides is 1. The van der Waals surface area contributed by atoms with Crippen molar-refractivity contribution in [1.29, 1.82) is 0 Å². The highest BCUT2D eigenvalue weighted by atomic mass is 79.9. The van der Waals surface area contributed by atoms with Crippen molar-refractivity contribution in [3.8, 4) is 11.3 Å². The normalized spacial score (nSPS) is 18.0. The fourth-order valence-electron chi connectivity index (χ4n) is 4.36. The van der Waals surface area contributed by atoms with Crippen LogP contribution in [0.25, 0.3) is 22.3 Å². The summed E-state index contributed by atoms with van der Waals surface area (Å²) < 4.78 is 70.3. The van der Waals surface area contributed by atoms with Gasteiger partial charge in [0.25, 0.3) is 5.91 Å². The summed E-state index contributed by atoms with van der Waals surface area (Å²) in [5, 5.41) is 6.60. The number of likely N-dealkylation sites (N-methyl/N-ethyl adjacent to an activating group) is 1. The second kappa shape index (κ2) is 9.60. The third-order valence-electron chi connectivity index (χ3n) is 6.12. The topological polar surface area (TPSA) is 104 Å². The number of alkyl halides is 3. The van der Waals surface area contributed by atoms with Crippen LogP contribution in [0.3, 0.4) is 0 Å². The molecule has 0 radical (unpaired) electrons. The van der Waals surface area contributed by atoms with Gasteiger partial charge in [0.2, 0.25) is 0 Å². The van der Waals surface area contributed by atoms with Crippen molar-refractivity contribution in [3.63, 3.8) is 0 Å². The van der Waals surface area contributed by atoms with Gasteiger partial charge in [-0.1, -0.05) is 25.1 Å². The molecule has 1 atom stereocenters. The number of furan rings is 1. The monoisotopic (exact) mass is 600 g/mol. The summed E-state index contributed by atoms with van der Waals surface area (Å²) >= 11 is 3.47. The molecule has 4 rings (SSSR count). The molecule has 0 spiro atoms. The van der Waals surface area contributed by atoms with Crippen LogP contribution in [-0.4, -0.2) is 37.4 Å². The summed E-state index contributed by atoms with van der Waals surface area (Å²) in [6.45, 7) is 4.17. The first-order valence-corrected chi connectivity index (χ1v) is 13.5.